The van der Waals surface area contributed by atoms with E-state index in [-0.39, 0.29) is 0 Å². The molecule has 0 spiro atoms. The number of nitrogens with one attached hydrogen (secondary N) is 1. The summed E-state index contributed by atoms with van der Waals surface area (Å²) in [7, 11) is 0. The zero-order valence-corrected chi connectivity index (χ0v) is 14.5. The van der Waals surface area contributed by atoms with Crippen molar-refractivity contribution >= 4 is 41.6 Å². The van der Waals surface area contributed by atoms with Crippen LogP contribution in [0.3, 0.4) is 0 Å². The number of hydrogen-bond acceptors (Lipinski definition) is 3. The van der Waals surface area contributed by atoms with Crippen LogP contribution in [0.5, 0.6) is 0 Å². The highest BCUT2D eigenvalue weighted by Gasteiger charge is 2.08. The molecule has 3 rings (SSSR count). The first-order valence-electron chi connectivity index (χ1n) is 6.78. The first-order valence-corrected chi connectivity index (χ1v) is 7.95. The molecule has 3 aromatic rings. The second-order valence-corrected chi connectivity index (χ2v) is 6.17. The highest BCUT2D eigenvalue weighted by molar-refractivity contribution is 7.71. The normalized spacial score (nSPS) is 11.3. The Morgan fingerprint density at radius 2 is 1.91 bits per heavy atom. The Hall–Kier alpha value is -1.95. The van der Waals surface area contributed by atoms with E-state index in [9.17, 15) is 0 Å². The molecule has 0 saturated heterocycles. The number of halogens is 2. The molecule has 23 heavy (non-hydrogen) atoms. The van der Waals surface area contributed by atoms with Crippen LogP contribution in [0, 0.1) is 11.7 Å². The van der Waals surface area contributed by atoms with Crippen molar-refractivity contribution in [2.24, 2.45) is 5.10 Å². The minimum Gasteiger partial charge on any atom is -0.250 e. The molecule has 0 fully saturated rings. The number of rotatable bonds is 3. The summed E-state index contributed by atoms with van der Waals surface area (Å²) in [5.74, 6) is 0.635. The van der Waals surface area contributed by atoms with Gasteiger partial charge in [-0.2, -0.15) is 14.9 Å². The third kappa shape index (κ3) is 3.52. The van der Waals surface area contributed by atoms with Gasteiger partial charge in [-0.15, -0.1) is 0 Å². The number of benzene rings is 2. The largest absolute Gasteiger partial charge is 0.250 e. The number of nitrogens with zero attached hydrogens (tertiary/aromatic N) is 3. The maximum atomic E-state index is 6.15. The standard InChI is InChI=1S/C16H12Cl2N4S/c1-10-2-4-11(5-3-10)15-20-21-16(23)22(15)19-9-12-6-7-13(17)8-14(12)18/h2-9H,1H3,(H,21,23)/b19-9+. The van der Waals surface area contributed by atoms with Gasteiger partial charge in [0.25, 0.3) is 0 Å². The average Bonchev–Trinajstić information content (AvgIpc) is 2.88. The van der Waals surface area contributed by atoms with Crippen molar-refractivity contribution in [3.05, 3.63) is 68.4 Å². The van der Waals surface area contributed by atoms with Crippen LogP contribution in [0.15, 0.2) is 47.6 Å². The lowest BCUT2D eigenvalue weighted by Crippen LogP contribution is -1.95. The quantitative estimate of drug-likeness (QED) is 0.520. The molecule has 116 valence electrons. The number of aryl methyl sites for hydroxylation is 1. The molecule has 0 bridgehead atoms. The minimum absolute atomic E-state index is 0.405. The van der Waals surface area contributed by atoms with E-state index < -0.39 is 0 Å². The van der Waals surface area contributed by atoms with Crippen LogP contribution < -0.4 is 0 Å². The van der Waals surface area contributed by atoms with Gasteiger partial charge >= 0.3 is 0 Å². The molecule has 0 aliphatic heterocycles. The van der Waals surface area contributed by atoms with Crippen LogP contribution in [0.25, 0.3) is 11.4 Å². The van der Waals surface area contributed by atoms with E-state index in [0.717, 1.165) is 11.1 Å². The van der Waals surface area contributed by atoms with E-state index in [1.807, 2.05) is 31.2 Å². The lowest BCUT2D eigenvalue weighted by molar-refractivity contribution is 0.871. The molecule has 7 heteroatoms. The maximum Gasteiger partial charge on any atom is 0.216 e. The Morgan fingerprint density at radius 1 is 1.17 bits per heavy atom. The minimum atomic E-state index is 0.405. The fourth-order valence-corrected chi connectivity index (χ4v) is 2.65. The van der Waals surface area contributed by atoms with Crippen LogP contribution in [0.2, 0.25) is 10.0 Å². The SMILES string of the molecule is Cc1ccc(-c2n[nH]c(=S)n2/N=C/c2ccc(Cl)cc2Cl)cc1. The first kappa shape index (κ1) is 15.9. The molecule has 0 aliphatic rings. The highest BCUT2D eigenvalue weighted by Crippen LogP contribution is 2.21. The van der Waals surface area contributed by atoms with Gasteiger partial charge in [0.05, 0.1) is 11.2 Å². The summed E-state index contributed by atoms with van der Waals surface area (Å²) in [6.45, 7) is 2.03. The van der Waals surface area contributed by atoms with Crippen LogP contribution in [-0.2, 0) is 0 Å². The third-order valence-electron chi connectivity index (χ3n) is 3.23. The van der Waals surface area contributed by atoms with Crippen LogP contribution in [0.4, 0.5) is 0 Å². The fraction of sp³-hybridized carbons (Fsp3) is 0.0625. The monoisotopic (exact) mass is 362 g/mol. The van der Waals surface area contributed by atoms with Gasteiger partial charge in [0.15, 0.2) is 5.82 Å². The van der Waals surface area contributed by atoms with Gasteiger partial charge in [0.2, 0.25) is 4.77 Å². The van der Waals surface area contributed by atoms with Gasteiger partial charge in [-0.3, -0.25) is 0 Å². The Kier molecular flexibility index (Phi) is 4.61. The summed E-state index contributed by atoms with van der Waals surface area (Å²) in [5, 5.41) is 12.5. The zero-order chi connectivity index (χ0) is 16.4. The van der Waals surface area contributed by atoms with Crippen molar-refractivity contribution in [3.63, 3.8) is 0 Å². The molecule has 0 unspecified atom stereocenters. The van der Waals surface area contributed by atoms with Crippen molar-refractivity contribution in [3.8, 4) is 11.4 Å². The van der Waals surface area contributed by atoms with Gasteiger partial charge in [-0.1, -0.05) is 59.1 Å². The highest BCUT2D eigenvalue weighted by atomic mass is 35.5. The molecular weight excluding hydrogens is 351 g/mol. The zero-order valence-electron chi connectivity index (χ0n) is 12.1. The van der Waals surface area contributed by atoms with Gasteiger partial charge < -0.3 is 0 Å². The van der Waals surface area contributed by atoms with Crippen molar-refractivity contribution in [2.45, 2.75) is 6.92 Å². The fourth-order valence-electron chi connectivity index (χ4n) is 2.01. The van der Waals surface area contributed by atoms with Crippen LogP contribution in [0.1, 0.15) is 11.1 Å². The maximum absolute atomic E-state index is 6.15. The summed E-state index contributed by atoms with van der Waals surface area (Å²) in [5.41, 5.74) is 2.84. The molecule has 0 amide bonds. The van der Waals surface area contributed by atoms with Crippen molar-refractivity contribution in [1.29, 1.82) is 0 Å². The van der Waals surface area contributed by atoms with E-state index in [1.54, 1.807) is 29.1 Å². The Morgan fingerprint density at radius 3 is 2.61 bits per heavy atom. The Labute approximate surface area is 148 Å². The number of aromatic amines is 1. The van der Waals surface area contributed by atoms with Crippen LogP contribution >= 0.6 is 35.4 Å². The Bertz CT molecular complexity index is 926. The number of H-pyrrole nitrogens is 1. The van der Waals surface area contributed by atoms with Crippen molar-refractivity contribution < 1.29 is 0 Å². The Balaban J connectivity index is 2.00. The summed E-state index contributed by atoms with van der Waals surface area (Å²) < 4.78 is 1.96. The van der Waals surface area contributed by atoms with E-state index in [4.69, 9.17) is 35.4 Å². The van der Waals surface area contributed by atoms with Crippen LogP contribution in [-0.4, -0.2) is 21.1 Å². The molecule has 0 saturated carbocycles. The topological polar surface area (TPSA) is 46.0 Å². The smallest absolute Gasteiger partial charge is 0.216 e. The average molecular weight is 363 g/mol. The molecule has 1 aromatic heterocycles. The number of hydrogen-bond donors (Lipinski definition) is 1. The molecule has 0 aliphatic carbocycles. The molecule has 2 aromatic carbocycles. The van der Waals surface area contributed by atoms with Gasteiger partial charge in [-0.25, -0.2) is 5.10 Å². The molecule has 1 N–H and O–H groups in total. The van der Waals surface area contributed by atoms with Crippen molar-refractivity contribution in [2.75, 3.05) is 0 Å². The molecule has 0 radical (unpaired) electrons. The summed E-state index contributed by atoms with van der Waals surface area (Å²) in [6.07, 6.45) is 1.63. The van der Waals surface area contributed by atoms with Gasteiger partial charge in [0.1, 0.15) is 0 Å². The lowest BCUT2D eigenvalue weighted by Gasteiger charge is -2.02. The molecular formula is C16H12Cl2N4S. The van der Waals surface area contributed by atoms with Gasteiger partial charge in [-0.05, 0) is 31.3 Å². The van der Waals surface area contributed by atoms with Crippen molar-refractivity contribution in [1.82, 2.24) is 14.9 Å². The van der Waals surface area contributed by atoms with Gasteiger partial charge in [0, 0.05) is 16.1 Å². The van der Waals surface area contributed by atoms with E-state index in [0.29, 0.717) is 20.6 Å². The summed E-state index contributed by atoms with van der Waals surface area (Å²) in [4.78, 5) is 0. The van der Waals surface area contributed by atoms with E-state index >= 15 is 0 Å². The first-order chi connectivity index (χ1) is 11.0. The predicted molar refractivity (Wildman–Crippen MR) is 97.0 cm³/mol. The molecule has 4 nitrogen and oxygen atoms in total. The van der Waals surface area contributed by atoms with E-state index in [1.165, 1.54) is 5.56 Å². The molecule has 1 heterocycles. The predicted octanol–water partition coefficient (Wildman–Crippen LogP) is 5.11. The summed E-state index contributed by atoms with van der Waals surface area (Å²) in [6, 6.07) is 13.2. The summed E-state index contributed by atoms with van der Waals surface area (Å²) >= 11 is 17.3. The second kappa shape index (κ2) is 6.66. The van der Waals surface area contributed by atoms with E-state index in [2.05, 4.69) is 15.3 Å². The second-order valence-electron chi connectivity index (χ2n) is 4.94. The molecule has 0 atom stereocenters. The lowest BCUT2D eigenvalue weighted by atomic mass is 10.1. The third-order valence-corrected chi connectivity index (χ3v) is 4.06. The number of aromatic nitrogens is 3.